The van der Waals surface area contributed by atoms with Crippen LogP contribution >= 0.6 is 23.1 Å². The van der Waals surface area contributed by atoms with E-state index in [1.54, 1.807) is 24.9 Å². The molecule has 31 heavy (non-hydrogen) atoms. The van der Waals surface area contributed by atoms with Crippen molar-refractivity contribution in [1.82, 2.24) is 4.98 Å². The number of methoxy groups -OCH3 is 1. The predicted molar refractivity (Wildman–Crippen MR) is 126 cm³/mol. The minimum atomic E-state index is -0.424. The third-order valence-electron chi connectivity index (χ3n) is 4.81. The Hall–Kier alpha value is -3.35. The first-order chi connectivity index (χ1) is 15.2. The van der Waals surface area contributed by atoms with E-state index in [9.17, 15) is 4.79 Å². The molecule has 0 fully saturated rings. The van der Waals surface area contributed by atoms with Crippen molar-refractivity contribution in [3.63, 3.8) is 0 Å². The Bertz CT molecular complexity index is 1410. The summed E-state index contributed by atoms with van der Waals surface area (Å²) in [5, 5.41) is 3.40. The van der Waals surface area contributed by atoms with Gasteiger partial charge >= 0.3 is 5.63 Å². The van der Waals surface area contributed by atoms with Gasteiger partial charge in [0.2, 0.25) is 0 Å². The van der Waals surface area contributed by atoms with Crippen LogP contribution in [0.5, 0.6) is 5.75 Å². The van der Waals surface area contributed by atoms with Crippen molar-refractivity contribution in [2.24, 2.45) is 0 Å². The van der Waals surface area contributed by atoms with Crippen molar-refractivity contribution in [3.05, 3.63) is 94.7 Å². The summed E-state index contributed by atoms with van der Waals surface area (Å²) in [7, 11) is 1.55. The van der Waals surface area contributed by atoms with Gasteiger partial charge in [0.25, 0.3) is 0 Å². The molecule has 0 N–H and O–H groups in total. The first-order valence-corrected chi connectivity index (χ1v) is 11.3. The maximum absolute atomic E-state index is 12.6. The van der Waals surface area contributed by atoms with E-state index in [-0.39, 0.29) is 0 Å². The highest BCUT2D eigenvalue weighted by molar-refractivity contribution is 7.99. The smallest absolute Gasteiger partial charge is 0.346 e. The largest absolute Gasteiger partial charge is 0.493 e. The molecule has 152 valence electrons. The van der Waals surface area contributed by atoms with Gasteiger partial charge in [-0.15, -0.1) is 11.3 Å². The fourth-order valence-corrected chi connectivity index (χ4v) is 4.95. The van der Waals surface area contributed by atoms with Gasteiger partial charge in [-0.2, -0.15) is 0 Å². The lowest BCUT2D eigenvalue weighted by Crippen LogP contribution is -2.03. The summed E-state index contributed by atoms with van der Waals surface area (Å²) in [5.74, 6) is 0.537. The molecule has 5 rings (SSSR count). The number of benzene rings is 3. The van der Waals surface area contributed by atoms with E-state index < -0.39 is 5.63 Å². The van der Waals surface area contributed by atoms with Gasteiger partial charge in [-0.25, -0.2) is 9.78 Å². The first-order valence-electron chi connectivity index (χ1n) is 9.61. The van der Waals surface area contributed by atoms with Crippen molar-refractivity contribution >= 4 is 34.1 Å². The highest BCUT2D eigenvalue weighted by atomic mass is 32.2. The summed E-state index contributed by atoms with van der Waals surface area (Å²) < 4.78 is 10.8. The number of hydrogen-bond acceptors (Lipinski definition) is 6. The third kappa shape index (κ3) is 4.00. The molecule has 0 aliphatic carbocycles. The van der Waals surface area contributed by atoms with Crippen LogP contribution in [0.3, 0.4) is 0 Å². The van der Waals surface area contributed by atoms with Crippen molar-refractivity contribution < 1.29 is 9.15 Å². The predicted octanol–water partition coefficient (Wildman–Crippen LogP) is 6.74. The Kier molecular flexibility index (Phi) is 5.32. The van der Waals surface area contributed by atoms with E-state index in [1.165, 1.54) is 16.2 Å². The van der Waals surface area contributed by atoms with Gasteiger partial charge in [0.15, 0.2) is 11.3 Å². The summed E-state index contributed by atoms with van der Waals surface area (Å²) in [5.41, 5.74) is 2.32. The molecule has 0 amide bonds. The molecule has 0 spiro atoms. The Morgan fingerprint density at radius 1 is 0.935 bits per heavy atom. The molecule has 2 aromatic heterocycles. The van der Waals surface area contributed by atoms with Crippen LogP contribution in [0.15, 0.2) is 103 Å². The van der Waals surface area contributed by atoms with Gasteiger partial charge in [0.1, 0.15) is 5.01 Å². The van der Waals surface area contributed by atoms with Crippen LogP contribution in [0.1, 0.15) is 0 Å². The van der Waals surface area contributed by atoms with Crippen LogP contribution in [0, 0.1) is 0 Å². The first kappa shape index (κ1) is 19.6. The fourth-order valence-electron chi connectivity index (χ4n) is 3.28. The van der Waals surface area contributed by atoms with Gasteiger partial charge < -0.3 is 9.15 Å². The van der Waals surface area contributed by atoms with Gasteiger partial charge in [0.05, 0.1) is 18.4 Å². The van der Waals surface area contributed by atoms with Crippen molar-refractivity contribution in [1.29, 1.82) is 0 Å². The van der Waals surface area contributed by atoms with Crippen LogP contribution in [-0.2, 0) is 0 Å². The molecule has 0 bridgehead atoms. The lowest BCUT2D eigenvalue weighted by Gasteiger charge is -2.04. The molecule has 2 heterocycles. The van der Waals surface area contributed by atoms with Crippen molar-refractivity contribution in [3.8, 4) is 27.6 Å². The van der Waals surface area contributed by atoms with E-state index >= 15 is 0 Å². The second kappa shape index (κ2) is 8.41. The van der Waals surface area contributed by atoms with E-state index in [1.807, 2.05) is 41.8 Å². The standard InChI is InChI=1S/C25H17NO3S2/c1-28-22-9-5-6-17-14-20(25(27)29-23(17)22)24-26-21(15-30-24)16-10-12-19(13-11-16)31-18-7-3-2-4-8-18/h2-15H,1H3. The molecule has 5 aromatic rings. The molecule has 4 nitrogen and oxygen atoms in total. The van der Waals surface area contributed by atoms with Gasteiger partial charge in [-0.3, -0.25) is 0 Å². The number of hydrogen-bond donors (Lipinski definition) is 0. The summed E-state index contributed by atoms with van der Waals surface area (Å²) >= 11 is 3.15. The highest BCUT2D eigenvalue weighted by Crippen LogP contribution is 2.33. The second-order valence-corrected chi connectivity index (χ2v) is 8.81. The number of para-hydroxylation sites is 1. The third-order valence-corrected chi connectivity index (χ3v) is 6.70. The van der Waals surface area contributed by atoms with Gasteiger partial charge in [0, 0.05) is 26.1 Å². The van der Waals surface area contributed by atoms with Crippen LogP contribution in [0.25, 0.3) is 32.8 Å². The van der Waals surface area contributed by atoms with Crippen LogP contribution < -0.4 is 10.4 Å². The minimum Gasteiger partial charge on any atom is -0.493 e. The Labute approximate surface area is 187 Å². The van der Waals surface area contributed by atoms with Crippen LogP contribution in [-0.4, -0.2) is 12.1 Å². The van der Waals surface area contributed by atoms with E-state index in [0.29, 0.717) is 21.9 Å². The van der Waals surface area contributed by atoms with E-state index in [4.69, 9.17) is 14.1 Å². The zero-order valence-electron chi connectivity index (χ0n) is 16.6. The van der Waals surface area contributed by atoms with Gasteiger partial charge in [-0.05, 0) is 36.4 Å². The second-order valence-electron chi connectivity index (χ2n) is 6.80. The maximum atomic E-state index is 12.6. The summed E-state index contributed by atoms with van der Waals surface area (Å²) in [4.78, 5) is 19.7. The van der Waals surface area contributed by atoms with Crippen molar-refractivity contribution in [2.75, 3.05) is 7.11 Å². The average molecular weight is 444 g/mol. The Balaban J connectivity index is 1.44. The number of ether oxygens (including phenoxy) is 1. The van der Waals surface area contributed by atoms with Crippen LogP contribution in [0.4, 0.5) is 0 Å². The minimum absolute atomic E-state index is 0.424. The molecule has 0 atom stereocenters. The number of fused-ring (bicyclic) bond motifs is 1. The molecule has 6 heteroatoms. The Morgan fingerprint density at radius 2 is 1.71 bits per heavy atom. The maximum Gasteiger partial charge on any atom is 0.346 e. The number of thiazole rings is 1. The Morgan fingerprint density at radius 3 is 2.48 bits per heavy atom. The number of rotatable bonds is 5. The molecular formula is C25H17NO3S2. The fraction of sp³-hybridized carbons (Fsp3) is 0.0400. The van der Waals surface area contributed by atoms with Gasteiger partial charge in [-0.1, -0.05) is 54.2 Å². The topological polar surface area (TPSA) is 52.3 Å². The highest BCUT2D eigenvalue weighted by Gasteiger charge is 2.14. The average Bonchev–Trinajstić information content (AvgIpc) is 3.29. The molecule has 0 aliphatic rings. The van der Waals surface area contributed by atoms with Crippen molar-refractivity contribution in [2.45, 2.75) is 9.79 Å². The lowest BCUT2D eigenvalue weighted by atomic mass is 10.1. The molecule has 0 aliphatic heterocycles. The summed E-state index contributed by atoms with van der Waals surface area (Å²) in [6.45, 7) is 0. The summed E-state index contributed by atoms with van der Waals surface area (Å²) in [6.07, 6.45) is 0. The molecular weight excluding hydrogens is 426 g/mol. The zero-order valence-corrected chi connectivity index (χ0v) is 18.2. The van der Waals surface area contributed by atoms with Crippen LogP contribution in [0.2, 0.25) is 0 Å². The molecule has 0 saturated carbocycles. The normalized spacial score (nSPS) is 11.0. The molecule has 0 saturated heterocycles. The SMILES string of the molecule is COc1cccc2cc(-c3nc(-c4ccc(Sc5ccccc5)cc4)cs3)c(=O)oc12. The number of nitrogens with zero attached hydrogens (tertiary/aromatic N) is 1. The van der Waals surface area contributed by atoms with E-state index in [0.717, 1.165) is 21.5 Å². The lowest BCUT2D eigenvalue weighted by molar-refractivity contribution is 0.407. The molecule has 3 aromatic carbocycles. The number of aromatic nitrogens is 1. The summed E-state index contributed by atoms with van der Waals surface area (Å²) in [6, 6.07) is 25.9. The quantitative estimate of drug-likeness (QED) is 0.281. The molecule has 0 unspecified atom stereocenters. The molecule has 0 radical (unpaired) electrons. The van der Waals surface area contributed by atoms with E-state index in [2.05, 4.69) is 36.4 Å². The zero-order chi connectivity index (χ0) is 21.2. The monoisotopic (exact) mass is 443 g/mol.